The first-order valence-corrected chi connectivity index (χ1v) is 8.40. The fraction of sp³-hybridized carbons (Fsp3) is 0.294. The molecule has 3 rings (SSSR count). The van der Waals surface area contributed by atoms with E-state index in [1.807, 2.05) is 4.90 Å². The topological polar surface area (TPSA) is 87.7 Å². The zero-order valence-corrected chi connectivity index (χ0v) is 14.9. The van der Waals surface area contributed by atoms with Gasteiger partial charge in [-0.2, -0.15) is 0 Å². The summed E-state index contributed by atoms with van der Waals surface area (Å²) in [6.07, 6.45) is 2.37. The van der Waals surface area contributed by atoms with Crippen LogP contribution in [0.5, 0.6) is 5.75 Å². The van der Waals surface area contributed by atoms with Gasteiger partial charge in [-0.25, -0.2) is 9.97 Å². The number of rotatable bonds is 5. The average Bonchev–Trinajstić information content (AvgIpc) is 2.68. The maximum absolute atomic E-state index is 12.6. The first kappa shape index (κ1) is 17.9. The third-order valence-corrected chi connectivity index (χ3v) is 4.27. The van der Waals surface area contributed by atoms with Crippen molar-refractivity contribution in [1.82, 2.24) is 14.9 Å². The molecule has 0 bridgehead atoms. The lowest BCUT2D eigenvalue weighted by molar-refractivity contribution is -0.118. The molecule has 9 heteroatoms. The molecule has 26 heavy (non-hydrogen) atoms. The summed E-state index contributed by atoms with van der Waals surface area (Å²) >= 11 is 5.99. The number of carbonyl (C=O) groups is 2. The number of piperazine rings is 1. The highest BCUT2D eigenvalue weighted by Crippen LogP contribution is 2.28. The van der Waals surface area contributed by atoms with Gasteiger partial charge in [0.2, 0.25) is 12.4 Å². The number of anilines is 2. The number of ether oxygens (including phenoxy) is 1. The Labute approximate surface area is 155 Å². The molecule has 0 aliphatic carbocycles. The van der Waals surface area contributed by atoms with E-state index in [2.05, 4.69) is 15.3 Å². The molecule has 0 unspecified atom stereocenters. The number of benzene rings is 1. The highest BCUT2D eigenvalue weighted by molar-refractivity contribution is 6.31. The molecule has 0 radical (unpaired) electrons. The molecule has 0 spiro atoms. The van der Waals surface area contributed by atoms with Gasteiger partial charge in [-0.15, -0.1) is 0 Å². The van der Waals surface area contributed by atoms with Crippen LogP contribution < -0.4 is 15.0 Å². The predicted octanol–water partition coefficient (Wildman–Crippen LogP) is 1.67. The molecule has 1 N–H and O–H groups in total. The summed E-state index contributed by atoms with van der Waals surface area (Å²) in [6.45, 7) is 2.43. The van der Waals surface area contributed by atoms with Gasteiger partial charge in [0.25, 0.3) is 5.91 Å². The average molecular weight is 376 g/mol. The Morgan fingerprint density at radius 1 is 1.27 bits per heavy atom. The lowest BCUT2D eigenvalue weighted by Crippen LogP contribution is -2.46. The second-order valence-electron chi connectivity index (χ2n) is 5.67. The van der Waals surface area contributed by atoms with Crippen LogP contribution >= 0.6 is 11.6 Å². The molecule has 2 amide bonds. The molecule has 1 aromatic carbocycles. The van der Waals surface area contributed by atoms with Crippen molar-refractivity contribution in [2.45, 2.75) is 0 Å². The fourth-order valence-corrected chi connectivity index (χ4v) is 2.79. The minimum absolute atomic E-state index is 0.231. The van der Waals surface area contributed by atoms with Crippen molar-refractivity contribution < 1.29 is 14.3 Å². The van der Waals surface area contributed by atoms with E-state index in [0.29, 0.717) is 48.6 Å². The molecule has 136 valence electrons. The van der Waals surface area contributed by atoms with Crippen LogP contribution in [-0.2, 0) is 4.79 Å². The first-order valence-electron chi connectivity index (χ1n) is 8.03. The van der Waals surface area contributed by atoms with Crippen LogP contribution in [0, 0.1) is 0 Å². The van der Waals surface area contributed by atoms with Crippen LogP contribution in [0.4, 0.5) is 11.6 Å². The van der Waals surface area contributed by atoms with Crippen LogP contribution in [0.2, 0.25) is 5.02 Å². The maximum Gasteiger partial charge on any atom is 0.274 e. The van der Waals surface area contributed by atoms with Gasteiger partial charge in [0.1, 0.15) is 11.4 Å². The van der Waals surface area contributed by atoms with E-state index in [1.165, 1.54) is 13.2 Å². The molecule has 1 aliphatic heterocycles. The smallest absolute Gasteiger partial charge is 0.274 e. The van der Waals surface area contributed by atoms with E-state index in [9.17, 15) is 9.59 Å². The van der Waals surface area contributed by atoms with Gasteiger partial charge in [-0.1, -0.05) is 11.6 Å². The van der Waals surface area contributed by atoms with E-state index < -0.39 is 0 Å². The number of hydrogen-bond donors (Lipinski definition) is 1. The largest absolute Gasteiger partial charge is 0.495 e. The normalized spacial score (nSPS) is 14.1. The monoisotopic (exact) mass is 375 g/mol. The van der Waals surface area contributed by atoms with Gasteiger partial charge >= 0.3 is 0 Å². The molecule has 1 aliphatic rings. The number of carbonyl (C=O) groups excluding carboxylic acids is 2. The molecule has 0 saturated carbocycles. The second kappa shape index (κ2) is 8.01. The SMILES string of the molecule is COc1ccc(Cl)cc1NC(=O)c1ccnc(N2CCN(C=O)CC2)n1. The summed E-state index contributed by atoms with van der Waals surface area (Å²) in [4.78, 5) is 35.6. The highest BCUT2D eigenvalue weighted by atomic mass is 35.5. The summed E-state index contributed by atoms with van der Waals surface area (Å²) in [5, 5.41) is 3.24. The molecule has 8 nitrogen and oxygen atoms in total. The van der Waals surface area contributed by atoms with Crippen LogP contribution in [0.1, 0.15) is 10.5 Å². The van der Waals surface area contributed by atoms with Crippen molar-refractivity contribution in [2.24, 2.45) is 0 Å². The van der Waals surface area contributed by atoms with Crippen LogP contribution in [-0.4, -0.2) is 60.5 Å². The standard InChI is InChI=1S/C17H18ClN5O3/c1-26-15-3-2-12(18)10-14(15)20-16(25)13-4-5-19-17(21-13)23-8-6-22(11-24)7-9-23/h2-5,10-11H,6-9H2,1H3,(H,20,25). The second-order valence-corrected chi connectivity index (χ2v) is 6.11. The van der Waals surface area contributed by atoms with E-state index in [4.69, 9.17) is 16.3 Å². The van der Waals surface area contributed by atoms with Crippen molar-refractivity contribution in [3.8, 4) is 5.75 Å². The third kappa shape index (κ3) is 4.02. The van der Waals surface area contributed by atoms with E-state index >= 15 is 0 Å². The Balaban J connectivity index is 1.75. The zero-order chi connectivity index (χ0) is 18.5. The van der Waals surface area contributed by atoms with Gasteiger partial charge in [-0.05, 0) is 24.3 Å². The third-order valence-electron chi connectivity index (χ3n) is 4.03. The minimum Gasteiger partial charge on any atom is -0.495 e. The Kier molecular flexibility index (Phi) is 5.52. The summed E-state index contributed by atoms with van der Waals surface area (Å²) < 4.78 is 5.23. The quantitative estimate of drug-likeness (QED) is 0.800. The van der Waals surface area contributed by atoms with Crippen molar-refractivity contribution in [3.05, 3.63) is 41.2 Å². The van der Waals surface area contributed by atoms with E-state index in [1.54, 1.807) is 29.3 Å². The fourth-order valence-electron chi connectivity index (χ4n) is 2.62. The molecule has 1 saturated heterocycles. The molecule has 2 heterocycles. The number of amides is 2. The maximum atomic E-state index is 12.6. The van der Waals surface area contributed by atoms with Crippen molar-refractivity contribution in [2.75, 3.05) is 43.5 Å². The number of nitrogens with one attached hydrogen (secondary N) is 1. The Bertz CT molecular complexity index is 809. The summed E-state index contributed by atoms with van der Waals surface area (Å²) in [5.74, 6) is 0.573. The van der Waals surface area contributed by atoms with Crippen molar-refractivity contribution in [1.29, 1.82) is 0 Å². The lowest BCUT2D eigenvalue weighted by Gasteiger charge is -2.32. The number of methoxy groups -OCH3 is 1. The molecule has 1 fully saturated rings. The zero-order valence-electron chi connectivity index (χ0n) is 14.2. The van der Waals surface area contributed by atoms with Crippen LogP contribution in [0.3, 0.4) is 0 Å². The first-order chi connectivity index (χ1) is 12.6. The van der Waals surface area contributed by atoms with Gasteiger partial charge in [-0.3, -0.25) is 9.59 Å². The number of halogens is 1. The summed E-state index contributed by atoms with van der Waals surface area (Å²) in [7, 11) is 1.51. The van der Waals surface area contributed by atoms with Gasteiger partial charge in [0.15, 0.2) is 0 Å². The minimum atomic E-state index is -0.388. The van der Waals surface area contributed by atoms with E-state index in [-0.39, 0.29) is 11.6 Å². The number of nitrogens with zero attached hydrogens (tertiary/aromatic N) is 4. The molecule has 1 aromatic heterocycles. The Hall–Kier alpha value is -2.87. The number of hydrogen-bond acceptors (Lipinski definition) is 6. The van der Waals surface area contributed by atoms with Crippen LogP contribution in [0.25, 0.3) is 0 Å². The predicted molar refractivity (Wildman–Crippen MR) is 97.8 cm³/mol. The number of aromatic nitrogens is 2. The molecule has 2 aromatic rings. The van der Waals surface area contributed by atoms with Crippen LogP contribution in [0.15, 0.2) is 30.5 Å². The van der Waals surface area contributed by atoms with Crippen molar-refractivity contribution in [3.63, 3.8) is 0 Å². The summed E-state index contributed by atoms with van der Waals surface area (Å²) in [5.41, 5.74) is 0.694. The van der Waals surface area contributed by atoms with E-state index in [0.717, 1.165) is 6.41 Å². The van der Waals surface area contributed by atoms with Crippen molar-refractivity contribution >= 4 is 35.6 Å². The van der Waals surface area contributed by atoms with Gasteiger partial charge in [0.05, 0.1) is 12.8 Å². The summed E-state index contributed by atoms with van der Waals surface area (Å²) in [6, 6.07) is 6.50. The van der Waals surface area contributed by atoms with Gasteiger partial charge < -0.3 is 19.9 Å². The molecular formula is C17H18ClN5O3. The highest BCUT2D eigenvalue weighted by Gasteiger charge is 2.19. The lowest BCUT2D eigenvalue weighted by atomic mass is 10.2. The Morgan fingerprint density at radius 3 is 2.73 bits per heavy atom. The molecular weight excluding hydrogens is 358 g/mol. The van der Waals surface area contributed by atoms with Gasteiger partial charge in [0, 0.05) is 37.4 Å². The molecule has 0 atom stereocenters. The Morgan fingerprint density at radius 2 is 2.04 bits per heavy atom.